The van der Waals surface area contributed by atoms with Gasteiger partial charge in [-0.3, -0.25) is 14.5 Å². The molecule has 26 heavy (non-hydrogen) atoms. The fraction of sp³-hybridized carbons (Fsp3) is 0.526. The molecule has 1 aromatic carbocycles. The monoisotopic (exact) mass is 360 g/mol. The quantitative estimate of drug-likeness (QED) is 0.787. The van der Waals surface area contributed by atoms with Crippen molar-refractivity contribution in [1.29, 1.82) is 0 Å². The van der Waals surface area contributed by atoms with Crippen LogP contribution in [0.25, 0.3) is 0 Å². The zero-order valence-electron chi connectivity index (χ0n) is 15.6. The Morgan fingerprint density at radius 1 is 1.23 bits per heavy atom. The van der Waals surface area contributed by atoms with E-state index in [0.717, 1.165) is 16.0 Å². The van der Waals surface area contributed by atoms with Gasteiger partial charge in [0.15, 0.2) is 6.04 Å². The molecule has 0 spiro atoms. The van der Waals surface area contributed by atoms with Gasteiger partial charge >= 0.3 is 6.09 Å². The van der Waals surface area contributed by atoms with E-state index in [-0.39, 0.29) is 30.4 Å². The topological polar surface area (TPSA) is 71.4 Å². The number of imide groups is 1. The molecule has 3 amide bonds. The Morgan fingerprint density at radius 2 is 1.92 bits per heavy atom. The van der Waals surface area contributed by atoms with Gasteiger partial charge in [0.25, 0.3) is 5.91 Å². The van der Waals surface area contributed by atoms with Gasteiger partial charge in [0.05, 0.1) is 44.9 Å². The molecule has 2 aliphatic rings. The maximum Gasteiger partial charge on any atom is 0.410 e. The summed E-state index contributed by atoms with van der Waals surface area (Å²) < 4.78 is 5.03. The van der Waals surface area contributed by atoms with Crippen molar-refractivity contribution in [3.63, 3.8) is 0 Å². The van der Waals surface area contributed by atoms with Crippen LogP contribution < -0.4 is 9.80 Å². The zero-order chi connectivity index (χ0) is 18.8. The normalized spacial score (nSPS) is 21.4. The predicted molar refractivity (Wildman–Crippen MR) is 96.1 cm³/mol. The highest BCUT2D eigenvalue weighted by Gasteiger charge is 2.47. The molecule has 140 valence electrons. The number of carbonyl (C=O) groups is 3. The molecule has 7 heteroatoms. The molecular formula is C19H26N3O4+. The number of nitrogens with zero attached hydrogens (tertiary/aromatic N) is 2. The second-order valence-corrected chi connectivity index (χ2v) is 6.89. The Labute approximate surface area is 153 Å². The highest BCUT2D eigenvalue weighted by atomic mass is 16.6. The molecule has 2 fully saturated rings. The summed E-state index contributed by atoms with van der Waals surface area (Å²) in [6.45, 7) is 8.40. The molecule has 2 aliphatic heterocycles. The highest BCUT2D eigenvalue weighted by molar-refractivity contribution is 6.22. The van der Waals surface area contributed by atoms with Gasteiger partial charge in [-0.1, -0.05) is 12.1 Å². The largest absolute Gasteiger partial charge is 0.450 e. The maximum atomic E-state index is 13.0. The SMILES string of the molecule is CCOC(=O)N1CC[NH+]([C@H]2CC(=O)N(c3cccc(C)c3C)C2=O)CC1. The molecule has 0 saturated carbocycles. The third kappa shape index (κ3) is 3.31. The maximum absolute atomic E-state index is 13.0. The number of benzene rings is 1. The Kier molecular flexibility index (Phi) is 5.27. The lowest BCUT2D eigenvalue weighted by Crippen LogP contribution is -3.19. The summed E-state index contributed by atoms with van der Waals surface area (Å²) in [5.74, 6) is -0.280. The first-order chi connectivity index (χ1) is 12.4. The minimum absolute atomic E-state index is 0.136. The molecule has 0 bridgehead atoms. The van der Waals surface area contributed by atoms with E-state index in [1.165, 1.54) is 4.90 Å². The first kappa shape index (κ1) is 18.4. The molecule has 0 aromatic heterocycles. The number of aryl methyl sites for hydroxylation is 1. The van der Waals surface area contributed by atoms with Crippen LogP contribution in [-0.2, 0) is 14.3 Å². The van der Waals surface area contributed by atoms with Crippen molar-refractivity contribution in [2.24, 2.45) is 0 Å². The van der Waals surface area contributed by atoms with Crippen LogP contribution in [0, 0.1) is 13.8 Å². The van der Waals surface area contributed by atoms with E-state index in [0.29, 0.717) is 38.5 Å². The number of rotatable bonds is 3. The first-order valence-electron chi connectivity index (χ1n) is 9.13. The smallest absolute Gasteiger partial charge is 0.410 e. The lowest BCUT2D eigenvalue weighted by molar-refractivity contribution is -0.918. The van der Waals surface area contributed by atoms with Crippen molar-refractivity contribution in [3.8, 4) is 0 Å². The van der Waals surface area contributed by atoms with Crippen LogP contribution in [0.5, 0.6) is 0 Å². The van der Waals surface area contributed by atoms with E-state index >= 15 is 0 Å². The number of quaternary nitrogens is 1. The number of hydrogen-bond donors (Lipinski definition) is 1. The summed E-state index contributed by atoms with van der Waals surface area (Å²) in [4.78, 5) is 41.4. The second-order valence-electron chi connectivity index (χ2n) is 6.89. The Balaban J connectivity index is 1.70. The Bertz CT molecular complexity index is 725. The van der Waals surface area contributed by atoms with E-state index in [9.17, 15) is 14.4 Å². The number of nitrogens with one attached hydrogen (secondary N) is 1. The third-order valence-electron chi connectivity index (χ3n) is 5.39. The van der Waals surface area contributed by atoms with Gasteiger partial charge < -0.3 is 9.64 Å². The fourth-order valence-corrected chi connectivity index (χ4v) is 3.72. The van der Waals surface area contributed by atoms with Crippen molar-refractivity contribution in [3.05, 3.63) is 29.3 Å². The molecular weight excluding hydrogens is 334 g/mol. The van der Waals surface area contributed by atoms with E-state index < -0.39 is 0 Å². The van der Waals surface area contributed by atoms with Gasteiger partial charge in [0.2, 0.25) is 5.91 Å². The summed E-state index contributed by atoms with van der Waals surface area (Å²) in [6.07, 6.45) is -0.0848. The van der Waals surface area contributed by atoms with E-state index in [1.807, 2.05) is 32.0 Å². The van der Waals surface area contributed by atoms with Gasteiger partial charge in [-0.05, 0) is 38.0 Å². The average Bonchev–Trinajstić information content (AvgIpc) is 2.92. The molecule has 1 aromatic rings. The minimum atomic E-state index is -0.369. The molecule has 1 N–H and O–H groups in total. The first-order valence-corrected chi connectivity index (χ1v) is 9.13. The van der Waals surface area contributed by atoms with Crippen LogP contribution in [0.1, 0.15) is 24.5 Å². The van der Waals surface area contributed by atoms with Gasteiger partial charge in [-0.25, -0.2) is 9.69 Å². The van der Waals surface area contributed by atoms with Crippen molar-refractivity contribution >= 4 is 23.6 Å². The van der Waals surface area contributed by atoms with Crippen LogP contribution in [0.15, 0.2) is 18.2 Å². The van der Waals surface area contributed by atoms with E-state index in [1.54, 1.807) is 11.8 Å². The average molecular weight is 360 g/mol. The number of piperazine rings is 1. The number of amides is 3. The predicted octanol–water partition coefficient (Wildman–Crippen LogP) is 0.292. The van der Waals surface area contributed by atoms with Gasteiger partial charge in [0, 0.05) is 0 Å². The molecule has 7 nitrogen and oxygen atoms in total. The van der Waals surface area contributed by atoms with Gasteiger partial charge in [-0.2, -0.15) is 0 Å². The van der Waals surface area contributed by atoms with Crippen LogP contribution >= 0.6 is 0 Å². The van der Waals surface area contributed by atoms with Crippen LogP contribution in [0.2, 0.25) is 0 Å². The van der Waals surface area contributed by atoms with Crippen molar-refractivity contribution in [1.82, 2.24) is 4.90 Å². The van der Waals surface area contributed by atoms with Crippen molar-refractivity contribution < 1.29 is 24.0 Å². The summed E-state index contributed by atoms with van der Waals surface area (Å²) in [5, 5.41) is 0. The van der Waals surface area contributed by atoms with Crippen LogP contribution in [-0.4, -0.2) is 61.6 Å². The van der Waals surface area contributed by atoms with Crippen molar-refractivity contribution in [2.45, 2.75) is 33.2 Å². The minimum Gasteiger partial charge on any atom is -0.450 e. The molecule has 0 radical (unpaired) electrons. The Morgan fingerprint density at radius 3 is 2.58 bits per heavy atom. The number of ether oxygens (including phenoxy) is 1. The highest BCUT2D eigenvalue weighted by Crippen LogP contribution is 2.27. The summed E-state index contributed by atoms with van der Waals surface area (Å²) in [5.41, 5.74) is 2.70. The molecule has 2 saturated heterocycles. The summed E-state index contributed by atoms with van der Waals surface area (Å²) in [6, 6.07) is 5.30. The van der Waals surface area contributed by atoms with Crippen LogP contribution in [0.4, 0.5) is 10.5 Å². The lowest BCUT2D eigenvalue weighted by Gasteiger charge is -2.33. The number of hydrogen-bond acceptors (Lipinski definition) is 4. The molecule has 0 unspecified atom stereocenters. The van der Waals surface area contributed by atoms with E-state index in [4.69, 9.17) is 4.74 Å². The Hall–Kier alpha value is -2.41. The van der Waals surface area contributed by atoms with Crippen molar-refractivity contribution in [2.75, 3.05) is 37.7 Å². The number of carbonyl (C=O) groups excluding carboxylic acids is 3. The van der Waals surface area contributed by atoms with E-state index in [2.05, 4.69) is 0 Å². The molecule has 3 rings (SSSR count). The number of anilines is 1. The lowest BCUT2D eigenvalue weighted by atomic mass is 10.1. The molecule has 2 heterocycles. The summed E-state index contributed by atoms with van der Waals surface area (Å²) in [7, 11) is 0. The zero-order valence-corrected chi connectivity index (χ0v) is 15.6. The standard InChI is InChI=1S/C19H25N3O4/c1-4-26-19(25)21-10-8-20(9-11-21)16-12-17(23)22(18(16)24)15-7-5-6-13(2)14(15)3/h5-7,16H,4,8-12H2,1-3H3/p+1/t16-/m0/s1. The third-order valence-corrected chi connectivity index (χ3v) is 5.39. The van der Waals surface area contributed by atoms with Gasteiger partial charge in [0.1, 0.15) is 0 Å². The summed E-state index contributed by atoms with van der Waals surface area (Å²) >= 11 is 0. The van der Waals surface area contributed by atoms with Gasteiger partial charge in [-0.15, -0.1) is 0 Å². The molecule has 1 atom stereocenters. The fourth-order valence-electron chi connectivity index (χ4n) is 3.72. The van der Waals surface area contributed by atoms with Crippen LogP contribution in [0.3, 0.4) is 0 Å². The molecule has 0 aliphatic carbocycles. The second kappa shape index (κ2) is 7.45.